The highest BCUT2D eigenvalue weighted by atomic mass is 79.9. The number of halogens is 2. The third-order valence-corrected chi connectivity index (χ3v) is 4.42. The summed E-state index contributed by atoms with van der Waals surface area (Å²) in [5.74, 6) is -0.314. The van der Waals surface area contributed by atoms with Crippen molar-refractivity contribution in [3.8, 4) is 0 Å². The lowest BCUT2D eigenvalue weighted by Crippen LogP contribution is -2.40. The molecule has 1 aromatic carbocycles. The van der Waals surface area contributed by atoms with E-state index in [2.05, 4.69) is 28.2 Å². The van der Waals surface area contributed by atoms with Gasteiger partial charge < -0.3 is 10.4 Å². The monoisotopic (exact) mass is 329 g/mol. The van der Waals surface area contributed by atoms with Crippen LogP contribution in [0.5, 0.6) is 0 Å². The average Bonchev–Trinajstić information content (AvgIpc) is 2.41. The van der Waals surface area contributed by atoms with Gasteiger partial charge in [0, 0.05) is 16.1 Å². The minimum absolute atomic E-state index is 0.314. The van der Waals surface area contributed by atoms with Crippen molar-refractivity contribution in [1.82, 2.24) is 5.32 Å². The van der Waals surface area contributed by atoms with Gasteiger partial charge in [-0.25, -0.2) is 4.39 Å². The molecule has 4 heteroatoms. The Morgan fingerprint density at radius 1 is 1.42 bits per heavy atom. The fourth-order valence-electron chi connectivity index (χ4n) is 2.77. The van der Waals surface area contributed by atoms with E-state index in [0.717, 1.165) is 30.3 Å². The molecule has 0 bridgehead atoms. The van der Waals surface area contributed by atoms with Crippen LogP contribution in [0.3, 0.4) is 0 Å². The van der Waals surface area contributed by atoms with Gasteiger partial charge in [-0.3, -0.25) is 0 Å². The molecule has 2 N–H and O–H groups in total. The summed E-state index contributed by atoms with van der Waals surface area (Å²) in [5, 5.41) is 14.2. The molecule has 1 saturated carbocycles. The van der Waals surface area contributed by atoms with Gasteiger partial charge in [-0.05, 0) is 56.8 Å². The molecule has 0 spiro atoms. The first-order chi connectivity index (χ1) is 9.05. The fourth-order valence-corrected chi connectivity index (χ4v) is 3.13. The predicted molar refractivity (Wildman–Crippen MR) is 78.5 cm³/mol. The number of hydrogen-bond acceptors (Lipinski definition) is 2. The van der Waals surface area contributed by atoms with Crippen LogP contribution in [0.25, 0.3) is 0 Å². The number of aliphatic hydroxyl groups is 1. The second-order valence-corrected chi connectivity index (χ2v) is 6.30. The molecule has 0 atom stereocenters. The molecule has 0 saturated heterocycles. The van der Waals surface area contributed by atoms with E-state index in [4.69, 9.17) is 0 Å². The normalized spacial score (nSPS) is 27.5. The summed E-state index contributed by atoms with van der Waals surface area (Å²) >= 11 is 3.34. The second kappa shape index (κ2) is 6.33. The van der Waals surface area contributed by atoms with Crippen molar-refractivity contribution >= 4 is 15.9 Å². The van der Waals surface area contributed by atoms with Crippen molar-refractivity contribution in [1.29, 1.82) is 0 Å². The maximum absolute atomic E-state index is 13.9. The van der Waals surface area contributed by atoms with E-state index >= 15 is 0 Å². The van der Waals surface area contributed by atoms with Crippen LogP contribution in [0.1, 0.15) is 44.6 Å². The standard InChI is InChI=1S/C15H21BrFNO/c1-2-9-18-12-5-7-15(19,8-6-12)13-10-11(16)3-4-14(13)17/h3-4,10,12,18-19H,2,5-9H2,1H3. The van der Waals surface area contributed by atoms with Gasteiger partial charge in [0.25, 0.3) is 0 Å². The molecule has 0 aromatic heterocycles. The van der Waals surface area contributed by atoms with Crippen LogP contribution in [0.15, 0.2) is 22.7 Å². The Bertz CT molecular complexity index is 430. The van der Waals surface area contributed by atoms with Gasteiger partial charge in [0.15, 0.2) is 0 Å². The third kappa shape index (κ3) is 3.56. The van der Waals surface area contributed by atoms with E-state index in [0.29, 0.717) is 24.4 Å². The summed E-state index contributed by atoms with van der Waals surface area (Å²) in [6, 6.07) is 5.24. The van der Waals surface area contributed by atoms with Gasteiger partial charge in [-0.1, -0.05) is 22.9 Å². The Morgan fingerprint density at radius 2 is 2.11 bits per heavy atom. The van der Waals surface area contributed by atoms with Gasteiger partial charge in [0.1, 0.15) is 5.82 Å². The number of benzene rings is 1. The topological polar surface area (TPSA) is 32.3 Å². The highest BCUT2D eigenvalue weighted by Crippen LogP contribution is 2.39. The minimum atomic E-state index is -1.02. The Labute approximate surface area is 122 Å². The Balaban J connectivity index is 2.07. The van der Waals surface area contributed by atoms with Crippen molar-refractivity contribution in [2.75, 3.05) is 6.54 Å². The van der Waals surface area contributed by atoms with Crippen molar-refractivity contribution < 1.29 is 9.50 Å². The lowest BCUT2D eigenvalue weighted by atomic mass is 9.77. The molecule has 2 rings (SSSR count). The summed E-state index contributed by atoms with van der Waals surface area (Å²) in [4.78, 5) is 0. The summed E-state index contributed by atoms with van der Waals surface area (Å²) < 4.78 is 14.7. The molecule has 19 heavy (non-hydrogen) atoms. The van der Waals surface area contributed by atoms with E-state index < -0.39 is 5.60 Å². The van der Waals surface area contributed by atoms with Crippen LogP contribution in [0.4, 0.5) is 4.39 Å². The molecule has 106 valence electrons. The molecule has 0 unspecified atom stereocenters. The first kappa shape index (κ1) is 14.9. The van der Waals surface area contributed by atoms with E-state index in [1.807, 2.05) is 0 Å². The summed E-state index contributed by atoms with van der Waals surface area (Å²) in [6.45, 7) is 3.15. The van der Waals surface area contributed by atoms with Gasteiger partial charge in [-0.15, -0.1) is 0 Å². The van der Waals surface area contributed by atoms with Gasteiger partial charge in [0.05, 0.1) is 5.60 Å². The molecule has 0 amide bonds. The first-order valence-corrected chi connectivity index (χ1v) is 7.76. The molecule has 1 fully saturated rings. The average molecular weight is 330 g/mol. The number of hydrogen-bond donors (Lipinski definition) is 2. The zero-order valence-electron chi connectivity index (χ0n) is 11.3. The first-order valence-electron chi connectivity index (χ1n) is 6.96. The molecular formula is C15H21BrFNO. The number of nitrogens with one attached hydrogen (secondary N) is 1. The molecule has 1 aromatic rings. The summed E-state index contributed by atoms with van der Waals surface area (Å²) in [5.41, 5.74) is -0.589. The highest BCUT2D eigenvalue weighted by Gasteiger charge is 2.36. The van der Waals surface area contributed by atoms with Gasteiger partial charge in [-0.2, -0.15) is 0 Å². The second-order valence-electron chi connectivity index (χ2n) is 5.38. The van der Waals surface area contributed by atoms with Crippen molar-refractivity contribution in [3.05, 3.63) is 34.1 Å². The SMILES string of the molecule is CCCNC1CCC(O)(c2cc(Br)ccc2F)CC1. The smallest absolute Gasteiger partial charge is 0.129 e. The van der Waals surface area contributed by atoms with Crippen LogP contribution in [0, 0.1) is 5.82 Å². The zero-order valence-corrected chi connectivity index (χ0v) is 12.8. The highest BCUT2D eigenvalue weighted by molar-refractivity contribution is 9.10. The molecule has 2 nitrogen and oxygen atoms in total. The molecule has 0 aliphatic heterocycles. The van der Waals surface area contributed by atoms with E-state index in [9.17, 15) is 9.50 Å². The maximum Gasteiger partial charge on any atom is 0.129 e. The minimum Gasteiger partial charge on any atom is -0.385 e. The lowest BCUT2D eigenvalue weighted by molar-refractivity contribution is -0.0113. The van der Waals surface area contributed by atoms with Crippen LogP contribution >= 0.6 is 15.9 Å². The van der Waals surface area contributed by atoms with Crippen LogP contribution in [-0.2, 0) is 5.60 Å². The maximum atomic E-state index is 13.9. The molecule has 1 aliphatic carbocycles. The van der Waals surface area contributed by atoms with Crippen LogP contribution in [0.2, 0.25) is 0 Å². The van der Waals surface area contributed by atoms with E-state index in [1.165, 1.54) is 6.07 Å². The molecule has 0 heterocycles. The Hall–Kier alpha value is -0.450. The Morgan fingerprint density at radius 3 is 2.74 bits per heavy atom. The molecule has 1 aliphatic rings. The third-order valence-electron chi connectivity index (χ3n) is 3.93. The van der Waals surface area contributed by atoms with E-state index in [-0.39, 0.29) is 5.82 Å². The lowest BCUT2D eigenvalue weighted by Gasteiger charge is -2.37. The van der Waals surface area contributed by atoms with Crippen molar-refractivity contribution in [2.24, 2.45) is 0 Å². The largest absolute Gasteiger partial charge is 0.385 e. The zero-order chi connectivity index (χ0) is 13.9. The molecule has 0 radical (unpaired) electrons. The van der Waals surface area contributed by atoms with E-state index in [1.54, 1.807) is 12.1 Å². The fraction of sp³-hybridized carbons (Fsp3) is 0.600. The quantitative estimate of drug-likeness (QED) is 0.882. The van der Waals surface area contributed by atoms with Crippen molar-refractivity contribution in [3.63, 3.8) is 0 Å². The van der Waals surface area contributed by atoms with Crippen LogP contribution in [-0.4, -0.2) is 17.7 Å². The summed E-state index contributed by atoms with van der Waals surface area (Å²) in [6.07, 6.45) is 4.12. The molecular weight excluding hydrogens is 309 g/mol. The summed E-state index contributed by atoms with van der Waals surface area (Å²) in [7, 11) is 0. The predicted octanol–water partition coefficient (Wildman–Crippen LogP) is 3.72. The van der Waals surface area contributed by atoms with Gasteiger partial charge >= 0.3 is 0 Å². The Kier molecular flexibility index (Phi) is 4.98. The number of rotatable bonds is 4. The van der Waals surface area contributed by atoms with Crippen LogP contribution < -0.4 is 5.32 Å². The van der Waals surface area contributed by atoms with Gasteiger partial charge in [0.2, 0.25) is 0 Å². The van der Waals surface area contributed by atoms with Crippen molar-refractivity contribution in [2.45, 2.75) is 50.7 Å².